The molecule has 0 bridgehead atoms. The Labute approximate surface area is 93.9 Å². The van der Waals surface area contributed by atoms with Crippen LogP contribution in [0.4, 0.5) is 0 Å². The number of rotatable bonds is 5. The van der Waals surface area contributed by atoms with Crippen LogP contribution in [0, 0.1) is 11.3 Å². The van der Waals surface area contributed by atoms with Gasteiger partial charge in [-0.3, -0.25) is 5.32 Å². The van der Waals surface area contributed by atoms with E-state index < -0.39 is 0 Å². The fourth-order valence-corrected chi connectivity index (χ4v) is 2.74. The van der Waals surface area contributed by atoms with Gasteiger partial charge in [-0.2, -0.15) is 17.0 Å². The van der Waals surface area contributed by atoms with Crippen molar-refractivity contribution in [1.82, 2.24) is 5.32 Å². The summed E-state index contributed by atoms with van der Waals surface area (Å²) >= 11 is 1.83. The Kier molecular flexibility index (Phi) is 5.33. The lowest BCUT2D eigenvalue weighted by atomic mass is 9.97. The van der Waals surface area contributed by atoms with Crippen molar-refractivity contribution >= 4 is 11.8 Å². The Balaban J connectivity index is 2.27. The predicted octanol–water partition coefficient (Wildman–Crippen LogP) is 2.07. The number of hydrogen-bond acceptors (Lipinski definition) is 4. The second-order valence-corrected chi connectivity index (χ2v) is 4.69. The van der Waals surface area contributed by atoms with Crippen LogP contribution in [0.1, 0.15) is 19.3 Å². The molecule has 1 saturated heterocycles. The highest BCUT2D eigenvalue weighted by molar-refractivity contribution is 7.99. The van der Waals surface area contributed by atoms with Gasteiger partial charge in [0, 0.05) is 17.2 Å². The summed E-state index contributed by atoms with van der Waals surface area (Å²) in [6, 6.07) is 2.37. The summed E-state index contributed by atoms with van der Waals surface area (Å²) in [5.74, 6) is 2.02. The Morgan fingerprint density at radius 1 is 1.67 bits per heavy atom. The van der Waals surface area contributed by atoms with E-state index >= 15 is 0 Å². The van der Waals surface area contributed by atoms with Crippen LogP contribution >= 0.6 is 11.8 Å². The number of nitrogens with one attached hydrogen (secondary N) is 1. The molecule has 1 fully saturated rings. The van der Waals surface area contributed by atoms with Crippen LogP contribution in [0.5, 0.6) is 0 Å². The van der Waals surface area contributed by atoms with E-state index in [2.05, 4.69) is 21.4 Å². The van der Waals surface area contributed by atoms with Crippen molar-refractivity contribution in [3.8, 4) is 6.07 Å². The standard InChI is InChI=1S/C9H15N5S/c10-7-9(3-1-6-15-8-9)12-4-2-5-13-14-11/h12H,1-6,8H2. The third kappa shape index (κ3) is 4.00. The quantitative estimate of drug-likeness (QED) is 0.336. The van der Waals surface area contributed by atoms with Crippen LogP contribution in [0.2, 0.25) is 0 Å². The molecular weight excluding hydrogens is 210 g/mol. The van der Waals surface area contributed by atoms with Gasteiger partial charge in [0.15, 0.2) is 0 Å². The van der Waals surface area contributed by atoms with E-state index in [0.29, 0.717) is 6.54 Å². The summed E-state index contributed by atoms with van der Waals surface area (Å²) in [6.45, 7) is 1.24. The molecule has 1 heterocycles. The third-order valence-corrected chi connectivity index (χ3v) is 3.69. The third-order valence-electron chi connectivity index (χ3n) is 2.42. The lowest BCUT2D eigenvalue weighted by Crippen LogP contribution is -2.48. The minimum atomic E-state index is -0.348. The fourth-order valence-electron chi connectivity index (χ4n) is 1.58. The molecule has 0 aromatic heterocycles. The highest BCUT2D eigenvalue weighted by Gasteiger charge is 2.31. The van der Waals surface area contributed by atoms with Gasteiger partial charge in [-0.05, 0) is 37.1 Å². The summed E-state index contributed by atoms with van der Waals surface area (Å²) in [5.41, 5.74) is 7.75. The summed E-state index contributed by atoms with van der Waals surface area (Å²) in [4.78, 5) is 2.69. The van der Waals surface area contributed by atoms with Crippen LogP contribution < -0.4 is 5.32 Å². The van der Waals surface area contributed by atoms with Crippen molar-refractivity contribution in [3.05, 3.63) is 10.4 Å². The monoisotopic (exact) mass is 225 g/mol. The molecule has 1 N–H and O–H groups in total. The topological polar surface area (TPSA) is 84.6 Å². The summed E-state index contributed by atoms with van der Waals surface area (Å²) in [7, 11) is 0. The van der Waals surface area contributed by atoms with E-state index in [1.807, 2.05) is 11.8 Å². The minimum Gasteiger partial charge on any atom is -0.299 e. The zero-order chi connectivity index (χ0) is 11.0. The van der Waals surface area contributed by atoms with Crippen LogP contribution in [0.25, 0.3) is 10.4 Å². The van der Waals surface area contributed by atoms with Crippen LogP contribution in [-0.4, -0.2) is 30.1 Å². The molecule has 0 spiro atoms. The second-order valence-electron chi connectivity index (χ2n) is 3.58. The largest absolute Gasteiger partial charge is 0.299 e. The predicted molar refractivity (Wildman–Crippen MR) is 61.5 cm³/mol. The van der Waals surface area contributed by atoms with Gasteiger partial charge < -0.3 is 0 Å². The van der Waals surface area contributed by atoms with Crippen molar-refractivity contribution in [2.24, 2.45) is 5.11 Å². The molecule has 15 heavy (non-hydrogen) atoms. The van der Waals surface area contributed by atoms with Gasteiger partial charge >= 0.3 is 0 Å². The van der Waals surface area contributed by atoms with Crippen LogP contribution in [-0.2, 0) is 0 Å². The smallest absolute Gasteiger partial charge is 0.115 e. The molecule has 1 unspecified atom stereocenters. The first-order valence-corrected chi connectivity index (χ1v) is 6.23. The molecule has 1 aliphatic heterocycles. The van der Waals surface area contributed by atoms with Crippen LogP contribution in [0.3, 0.4) is 0 Å². The highest BCUT2D eigenvalue weighted by Crippen LogP contribution is 2.25. The maximum atomic E-state index is 9.14. The molecule has 0 aromatic rings. The Bertz CT molecular complexity index is 273. The highest BCUT2D eigenvalue weighted by atomic mass is 32.2. The lowest BCUT2D eigenvalue weighted by Gasteiger charge is -2.31. The zero-order valence-corrected chi connectivity index (χ0v) is 9.46. The number of thioether (sulfide) groups is 1. The Morgan fingerprint density at radius 2 is 2.53 bits per heavy atom. The molecule has 0 aliphatic carbocycles. The van der Waals surface area contributed by atoms with Crippen molar-refractivity contribution in [3.63, 3.8) is 0 Å². The van der Waals surface area contributed by atoms with E-state index in [1.54, 1.807) is 0 Å². The van der Waals surface area contributed by atoms with Gasteiger partial charge in [0.2, 0.25) is 0 Å². The van der Waals surface area contributed by atoms with E-state index in [1.165, 1.54) is 0 Å². The molecule has 0 amide bonds. The summed E-state index contributed by atoms with van der Waals surface area (Å²) in [5, 5.41) is 15.9. The minimum absolute atomic E-state index is 0.348. The van der Waals surface area contributed by atoms with Gasteiger partial charge in [0.25, 0.3) is 0 Å². The van der Waals surface area contributed by atoms with E-state index in [9.17, 15) is 0 Å². The number of hydrogen-bond donors (Lipinski definition) is 1. The van der Waals surface area contributed by atoms with Gasteiger partial charge in [-0.25, -0.2) is 0 Å². The number of nitriles is 1. The molecule has 0 radical (unpaired) electrons. The van der Waals surface area contributed by atoms with Crippen molar-refractivity contribution in [1.29, 1.82) is 5.26 Å². The van der Waals surface area contributed by atoms with Crippen LogP contribution in [0.15, 0.2) is 5.11 Å². The lowest BCUT2D eigenvalue weighted by molar-refractivity contribution is 0.412. The van der Waals surface area contributed by atoms with Crippen molar-refractivity contribution < 1.29 is 0 Å². The molecule has 1 atom stereocenters. The van der Waals surface area contributed by atoms with Gasteiger partial charge in [-0.1, -0.05) is 5.11 Å². The number of azide groups is 1. The van der Waals surface area contributed by atoms with Crippen molar-refractivity contribution in [2.45, 2.75) is 24.8 Å². The molecule has 5 nitrogen and oxygen atoms in total. The molecule has 0 aromatic carbocycles. The van der Waals surface area contributed by atoms with E-state index in [4.69, 9.17) is 10.8 Å². The van der Waals surface area contributed by atoms with Gasteiger partial charge in [-0.15, -0.1) is 0 Å². The molecular formula is C9H15N5S. The average molecular weight is 225 g/mol. The van der Waals surface area contributed by atoms with Gasteiger partial charge in [0.1, 0.15) is 5.54 Å². The fraction of sp³-hybridized carbons (Fsp3) is 0.889. The number of nitrogens with zero attached hydrogens (tertiary/aromatic N) is 4. The average Bonchev–Trinajstić information content (AvgIpc) is 2.30. The van der Waals surface area contributed by atoms with Gasteiger partial charge in [0.05, 0.1) is 6.07 Å². The molecule has 0 saturated carbocycles. The Morgan fingerprint density at radius 3 is 3.13 bits per heavy atom. The first kappa shape index (κ1) is 12.2. The van der Waals surface area contributed by atoms with E-state index in [0.717, 1.165) is 37.3 Å². The maximum Gasteiger partial charge on any atom is 0.115 e. The maximum absolute atomic E-state index is 9.14. The first-order valence-electron chi connectivity index (χ1n) is 5.08. The normalized spacial score (nSPS) is 25.3. The zero-order valence-electron chi connectivity index (χ0n) is 8.65. The molecule has 6 heteroatoms. The summed E-state index contributed by atoms with van der Waals surface area (Å²) < 4.78 is 0. The Hall–Kier alpha value is -0.890. The summed E-state index contributed by atoms with van der Waals surface area (Å²) in [6.07, 6.45) is 2.82. The van der Waals surface area contributed by atoms with E-state index in [-0.39, 0.29) is 5.54 Å². The molecule has 1 rings (SSSR count). The first-order chi connectivity index (χ1) is 7.33. The second kappa shape index (κ2) is 6.57. The molecule has 1 aliphatic rings. The molecule has 82 valence electrons. The SMILES string of the molecule is N#CC1(NCCCN=[N+]=[N-])CCCSC1. The van der Waals surface area contributed by atoms with Crippen molar-refractivity contribution in [2.75, 3.05) is 24.6 Å².